The van der Waals surface area contributed by atoms with E-state index < -0.39 is 0 Å². The van der Waals surface area contributed by atoms with Gasteiger partial charge in [-0.1, -0.05) is 65.5 Å². The number of carbonyl (C=O) groups excluding carboxylic acids is 2. The summed E-state index contributed by atoms with van der Waals surface area (Å²) < 4.78 is 0. The van der Waals surface area contributed by atoms with Gasteiger partial charge in [0.05, 0.1) is 6.54 Å². The summed E-state index contributed by atoms with van der Waals surface area (Å²) in [5.74, 6) is -0.436. The molecule has 0 aliphatic heterocycles. The predicted molar refractivity (Wildman–Crippen MR) is 99.0 cm³/mol. The quantitative estimate of drug-likeness (QED) is 0.815. The molecule has 0 unspecified atom stereocenters. The lowest BCUT2D eigenvalue weighted by molar-refractivity contribution is -0.131. The Morgan fingerprint density at radius 1 is 1.08 bits per heavy atom. The maximum Gasteiger partial charge on any atom is 0.246 e. The van der Waals surface area contributed by atoms with Crippen molar-refractivity contribution in [3.05, 3.63) is 48.0 Å². The van der Waals surface area contributed by atoms with E-state index in [0.717, 1.165) is 0 Å². The van der Waals surface area contributed by atoms with Crippen molar-refractivity contribution >= 4 is 11.8 Å². The van der Waals surface area contributed by atoms with Gasteiger partial charge in [0.15, 0.2) is 0 Å². The number of hydrogen-bond donors (Lipinski definition) is 1. The van der Waals surface area contributed by atoms with Crippen molar-refractivity contribution in [2.24, 2.45) is 0 Å². The normalized spacial score (nSPS) is 11.8. The minimum absolute atomic E-state index is 0.0316. The zero-order valence-electron chi connectivity index (χ0n) is 15.8. The fourth-order valence-electron chi connectivity index (χ4n) is 2.35. The summed E-state index contributed by atoms with van der Waals surface area (Å²) in [5.41, 5.74) is 2.40. The number of amides is 2. The average Bonchev–Trinajstić information content (AvgIpc) is 2.51. The first-order valence-corrected chi connectivity index (χ1v) is 8.22. The monoisotopic (exact) mass is 330 g/mol. The number of hydrogen-bond acceptors (Lipinski definition) is 2. The van der Waals surface area contributed by atoms with E-state index in [4.69, 9.17) is 0 Å². The van der Waals surface area contributed by atoms with Crippen molar-refractivity contribution in [1.82, 2.24) is 10.2 Å². The average molecular weight is 330 g/mol. The van der Waals surface area contributed by atoms with Crippen LogP contribution in [0.25, 0.3) is 0 Å². The van der Waals surface area contributed by atoms with Crippen molar-refractivity contribution in [1.29, 1.82) is 0 Å². The van der Waals surface area contributed by atoms with Crippen LogP contribution in [0.4, 0.5) is 0 Å². The van der Waals surface area contributed by atoms with Gasteiger partial charge in [0.25, 0.3) is 0 Å². The molecule has 0 saturated carbocycles. The topological polar surface area (TPSA) is 49.4 Å². The van der Waals surface area contributed by atoms with Gasteiger partial charge >= 0.3 is 0 Å². The van der Waals surface area contributed by atoms with Crippen LogP contribution in [-0.4, -0.2) is 36.9 Å². The summed E-state index contributed by atoms with van der Waals surface area (Å²) in [6.45, 7) is 14.7. The Labute approximate surface area is 145 Å². The summed E-state index contributed by atoms with van der Waals surface area (Å²) >= 11 is 0. The molecule has 0 saturated heterocycles. The number of rotatable bonds is 6. The van der Waals surface area contributed by atoms with Crippen molar-refractivity contribution in [3.8, 4) is 0 Å². The Bertz CT molecular complexity index is 595. The molecule has 1 N–H and O–H groups in total. The van der Waals surface area contributed by atoms with Gasteiger partial charge in [0.1, 0.15) is 0 Å². The summed E-state index contributed by atoms with van der Waals surface area (Å²) in [7, 11) is 1.58. The molecule has 0 fully saturated rings. The zero-order chi connectivity index (χ0) is 18.5. The third-order valence-corrected chi connectivity index (χ3v) is 4.19. The Balaban J connectivity index is 2.67. The highest BCUT2D eigenvalue weighted by atomic mass is 16.2. The molecule has 0 spiro atoms. The van der Waals surface area contributed by atoms with Gasteiger partial charge in [0, 0.05) is 19.0 Å². The molecular formula is C20H30N2O2. The highest BCUT2D eigenvalue weighted by Gasteiger charge is 2.23. The molecule has 24 heavy (non-hydrogen) atoms. The van der Waals surface area contributed by atoms with Crippen LogP contribution in [0.1, 0.15) is 45.7 Å². The highest BCUT2D eigenvalue weighted by Crippen LogP contribution is 2.27. The van der Waals surface area contributed by atoms with Gasteiger partial charge in [-0.3, -0.25) is 9.59 Å². The standard InChI is InChI=1S/C20H30N2O2/c1-8-18(24)22(7)13-17(23)21-14-20(5,6)16-11-9-15(10-12-16)19(2,3)4/h8-12H,1,13-14H2,2-7H3,(H,21,23). The number of nitrogens with zero attached hydrogens (tertiary/aromatic N) is 1. The molecule has 0 aliphatic rings. The van der Waals surface area contributed by atoms with Crippen molar-refractivity contribution in [2.45, 2.75) is 45.4 Å². The Morgan fingerprint density at radius 2 is 1.58 bits per heavy atom. The Hall–Kier alpha value is -2.10. The van der Waals surface area contributed by atoms with Crippen molar-refractivity contribution < 1.29 is 9.59 Å². The van der Waals surface area contributed by atoms with E-state index in [9.17, 15) is 9.59 Å². The summed E-state index contributed by atoms with van der Waals surface area (Å²) in [6, 6.07) is 8.55. The minimum atomic E-state index is -0.262. The van der Waals surface area contributed by atoms with Gasteiger partial charge in [-0.05, 0) is 22.6 Å². The second-order valence-corrected chi connectivity index (χ2v) is 7.89. The molecule has 0 aromatic heterocycles. The van der Waals surface area contributed by atoms with Gasteiger partial charge in [-0.2, -0.15) is 0 Å². The van der Waals surface area contributed by atoms with E-state index in [2.05, 4.69) is 70.8 Å². The Kier molecular flexibility index (Phi) is 6.35. The van der Waals surface area contributed by atoms with Crippen LogP contribution in [0.3, 0.4) is 0 Å². The maximum absolute atomic E-state index is 12.0. The van der Waals surface area contributed by atoms with Crippen molar-refractivity contribution in [2.75, 3.05) is 20.1 Å². The lowest BCUT2D eigenvalue weighted by Gasteiger charge is -2.27. The van der Waals surface area contributed by atoms with Crippen LogP contribution < -0.4 is 5.32 Å². The number of carbonyl (C=O) groups is 2. The van der Waals surface area contributed by atoms with Crippen LogP contribution in [0.5, 0.6) is 0 Å². The first-order chi connectivity index (χ1) is 11.0. The largest absolute Gasteiger partial charge is 0.354 e. The number of benzene rings is 1. The van der Waals surface area contributed by atoms with Crippen LogP contribution >= 0.6 is 0 Å². The van der Waals surface area contributed by atoms with E-state index in [1.807, 2.05) is 0 Å². The molecule has 0 radical (unpaired) electrons. The highest BCUT2D eigenvalue weighted by molar-refractivity contribution is 5.90. The van der Waals surface area contributed by atoms with Crippen LogP contribution in [-0.2, 0) is 20.4 Å². The van der Waals surface area contributed by atoms with Crippen LogP contribution in [0.15, 0.2) is 36.9 Å². The van der Waals surface area contributed by atoms with Gasteiger partial charge < -0.3 is 10.2 Å². The van der Waals surface area contributed by atoms with Gasteiger partial charge in [-0.15, -0.1) is 0 Å². The second kappa shape index (κ2) is 7.65. The number of nitrogens with one attached hydrogen (secondary N) is 1. The van der Waals surface area contributed by atoms with E-state index in [1.54, 1.807) is 7.05 Å². The maximum atomic E-state index is 12.0. The molecule has 0 atom stereocenters. The predicted octanol–water partition coefficient (Wildman–Crippen LogP) is 3.02. The van der Waals surface area contributed by atoms with Crippen molar-refractivity contribution in [3.63, 3.8) is 0 Å². The van der Waals surface area contributed by atoms with Gasteiger partial charge in [-0.25, -0.2) is 0 Å². The molecule has 4 heteroatoms. The fourth-order valence-corrected chi connectivity index (χ4v) is 2.35. The summed E-state index contributed by atoms with van der Waals surface area (Å²) in [4.78, 5) is 24.7. The zero-order valence-corrected chi connectivity index (χ0v) is 15.8. The first-order valence-electron chi connectivity index (χ1n) is 8.22. The summed E-state index contributed by atoms with van der Waals surface area (Å²) in [5, 5.41) is 2.91. The molecular weight excluding hydrogens is 300 g/mol. The molecule has 0 heterocycles. The van der Waals surface area contributed by atoms with Crippen LogP contribution in [0.2, 0.25) is 0 Å². The molecule has 132 valence electrons. The Morgan fingerprint density at radius 3 is 2.04 bits per heavy atom. The first kappa shape index (κ1) is 19.9. The smallest absolute Gasteiger partial charge is 0.246 e. The van der Waals surface area contributed by atoms with E-state index in [0.29, 0.717) is 6.54 Å². The second-order valence-electron chi connectivity index (χ2n) is 7.89. The molecule has 0 bridgehead atoms. The molecule has 1 aromatic carbocycles. The lowest BCUT2D eigenvalue weighted by atomic mass is 9.81. The lowest BCUT2D eigenvalue weighted by Crippen LogP contribution is -2.42. The fraction of sp³-hybridized carbons (Fsp3) is 0.500. The van der Waals surface area contributed by atoms with Crippen LogP contribution in [0, 0.1) is 0 Å². The third-order valence-electron chi connectivity index (χ3n) is 4.19. The molecule has 1 aromatic rings. The molecule has 2 amide bonds. The summed E-state index contributed by atoms with van der Waals surface area (Å²) in [6.07, 6.45) is 1.20. The molecule has 0 aliphatic carbocycles. The minimum Gasteiger partial charge on any atom is -0.354 e. The molecule has 1 rings (SSSR count). The third kappa shape index (κ3) is 5.52. The van der Waals surface area contributed by atoms with Gasteiger partial charge in [0.2, 0.25) is 11.8 Å². The molecule has 4 nitrogen and oxygen atoms in total. The van der Waals surface area contributed by atoms with E-state index >= 15 is 0 Å². The number of likely N-dealkylation sites (N-methyl/N-ethyl adjacent to an activating group) is 1. The SMILES string of the molecule is C=CC(=O)N(C)CC(=O)NCC(C)(C)c1ccc(C(C)(C)C)cc1. The van der Waals surface area contributed by atoms with E-state index in [1.165, 1.54) is 22.1 Å². The van der Waals surface area contributed by atoms with E-state index in [-0.39, 0.29) is 29.2 Å².